The van der Waals surface area contributed by atoms with Gasteiger partial charge in [-0.15, -0.1) is 0 Å². The molecular formula is C16H21ClO4. The van der Waals surface area contributed by atoms with E-state index in [0.29, 0.717) is 13.2 Å². The van der Waals surface area contributed by atoms with Gasteiger partial charge in [0.1, 0.15) is 6.61 Å². The Labute approximate surface area is 130 Å². The highest BCUT2D eigenvalue weighted by molar-refractivity contribution is 6.30. The molecule has 1 heterocycles. The maximum absolute atomic E-state index is 11.3. The quantitative estimate of drug-likeness (QED) is 0.407. The molecule has 1 atom stereocenters. The van der Waals surface area contributed by atoms with Crippen molar-refractivity contribution >= 4 is 17.8 Å². The van der Waals surface area contributed by atoms with Crippen LogP contribution in [-0.2, 0) is 20.6 Å². The standard InChI is InChI=1S/C16H21ClO4/c1-2-19-15(18)21-16(12-20-16)11-5-3-4-6-13-7-9-14(17)10-8-13/h7-10H,2-6,11-12H2,1H3. The number of epoxide rings is 1. The summed E-state index contributed by atoms with van der Waals surface area (Å²) in [7, 11) is 0. The number of hydrogen-bond donors (Lipinski definition) is 0. The first kappa shape index (κ1) is 16.1. The number of rotatable bonds is 8. The van der Waals surface area contributed by atoms with E-state index in [2.05, 4.69) is 12.1 Å². The number of unbranched alkanes of at least 4 members (excludes halogenated alkanes) is 2. The van der Waals surface area contributed by atoms with E-state index < -0.39 is 11.9 Å². The SMILES string of the molecule is CCOC(=O)OC1(CCCCCc2ccc(Cl)cc2)CO1. The fourth-order valence-electron chi connectivity index (χ4n) is 2.19. The van der Waals surface area contributed by atoms with Gasteiger partial charge in [-0.05, 0) is 43.9 Å². The minimum atomic E-state index is -0.716. The number of aryl methyl sites for hydroxylation is 1. The van der Waals surface area contributed by atoms with Crippen molar-refractivity contribution in [3.8, 4) is 0 Å². The van der Waals surface area contributed by atoms with Crippen LogP contribution >= 0.6 is 11.6 Å². The van der Waals surface area contributed by atoms with Crippen LogP contribution in [0.1, 0.15) is 38.2 Å². The second-order valence-electron chi connectivity index (χ2n) is 5.17. The molecule has 1 fully saturated rings. The lowest BCUT2D eigenvalue weighted by Crippen LogP contribution is -2.22. The largest absolute Gasteiger partial charge is 0.510 e. The van der Waals surface area contributed by atoms with Gasteiger partial charge in [-0.1, -0.05) is 30.2 Å². The molecule has 0 radical (unpaired) electrons. The van der Waals surface area contributed by atoms with Crippen LogP contribution in [0.5, 0.6) is 0 Å². The third kappa shape index (κ3) is 5.56. The molecule has 4 nitrogen and oxygen atoms in total. The molecule has 0 aliphatic carbocycles. The molecule has 0 N–H and O–H groups in total. The van der Waals surface area contributed by atoms with Crippen molar-refractivity contribution in [1.82, 2.24) is 0 Å². The molecule has 1 unspecified atom stereocenters. The fraction of sp³-hybridized carbons (Fsp3) is 0.562. The van der Waals surface area contributed by atoms with Crippen molar-refractivity contribution in [1.29, 1.82) is 0 Å². The van der Waals surface area contributed by atoms with Crippen LogP contribution in [0, 0.1) is 0 Å². The van der Waals surface area contributed by atoms with Crippen molar-refractivity contribution in [2.75, 3.05) is 13.2 Å². The summed E-state index contributed by atoms with van der Waals surface area (Å²) < 4.78 is 15.2. The number of carbonyl (C=O) groups is 1. The molecule has 2 rings (SSSR count). The molecule has 1 aliphatic heterocycles. The zero-order valence-corrected chi connectivity index (χ0v) is 13.0. The summed E-state index contributed by atoms with van der Waals surface area (Å²) in [5, 5.41) is 0.766. The Kier molecular flexibility index (Phi) is 5.88. The van der Waals surface area contributed by atoms with Crippen LogP contribution in [0.4, 0.5) is 4.79 Å². The van der Waals surface area contributed by atoms with Crippen LogP contribution < -0.4 is 0 Å². The summed E-state index contributed by atoms with van der Waals surface area (Å²) in [5.41, 5.74) is 1.29. The van der Waals surface area contributed by atoms with Crippen molar-refractivity contribution in [2.45, 2.75) is 44.8 Å². The number of hydrogen-bond acceptors (Lipinski definition) is 4. The van der Waals surface area contributed by atoms with Gasteiger partial charge in [-0.3, -0.25) is 0 Å². The van der Waals surface area contributed by atoms with Crippen LogP contribution in [0.2, 0.25) is 5.02 Å². The summed E-state index contributed by atoms with van der Waals surface area (Å²) >= 11 is 5.85. The molecule has 0 aromatic heterocycles. The van der Waals surface area contributed by atoms with E-state index in [-0.39, 0.29) is 0 Å². The van der Waals surface area contributed by atoms with E-state index in [9.17, 15) is 4.79 Å². The molecule has 1 aromatic carbocycles. The Balaban J connectivity index is 1.59. The van der Waals surface area contributed by atoms with Gasteiger partial charge in [0.2, 0.25) is 5.79 Å². The Bertz CT molecular complexity index is 454. The number of ether oxygens (including phenoxy) is 3. The minimum absolute atomic E-state index is 0.315. The van der Waals surface area contributed by atoms with E-state index >= 15 is 0 Å². The lowest BCUT2D eigenvalue weighted by atomic mass is 10.0. The molecule has 21 heavy (non-hydrogen) atoms. The molecule has 0 saturated carbocycles. The zero-order valence-electron chi connectivity index (χ0n) is 12.3. The highest BCUT2D eigenvalue weighted by Gasteiger charge is 2.49. The summed E-state index contributed by atoms with van der Waals surface area (Å²) in [6, 6.07) is 7.93. The fourth-order valence-corrected chi connectivity index (χ4v) is 2.31. The smallest absolute Gasteiger partial charge is 0.435 e. The van der Waals surface area contributed by atoms with Crippen molar-refractivity contribution in [3.63, 3.8) is 0 Å². The lowest BCUT2D eigenvalue weighted by molar-refractivity contribution is -0.0381. The van der Waals surface area contributed by atoms with Crippen molar-refractivity contribution < 1.29 is 19.0 Å². The predicted molar refractivity (Wildman–Crippen MR) is 80.4 cm³/mol. The molecule has 0 amide bonds. The Morgan fingerprint density at radius 1 is 1.29 bits per heavy atom. The highest BCUT2D eigenvalue weighted by atomic mass is 35.5. The molecular weight excluding hydrogens is 292 g/mol. The average molecular weight is 313 g/mol. The van der Waals surface area contributed by atoms with Crippen LogP contribution in [-0.4, -0.2) is 25.2 Å². The number of carbonyl (C=O) groups excluding carboxylic acids is 1. The summed E-state index contributed by atoms with van der Waals surface area (Å²) in [6.45, 7) is 2.54. The number of benzene rings is 1. The highest BCUT2D eigenvalue weighted by Crippen LogP contribution is 2.34. The molecule has 1 aromatic rings. The Morgan fingerprint density at radius 2 is 2.00 bits per heavy atom. The van der Waals surface area contributed by atoms with Gasteiger partial charge in [0, 0.05) is 11.4 Å². The second kappa shape index (κ2) is 7.66. The van der Waals surface area contributed by atoms with E-state index in [0.717, 1.165) is 37.1 Å². The average Bonchev–Trinajstić information content (AvgIpc) is 3.20. The topological polar surface area (TPSA) is 48.1 Å². The van der Waals surface area contributed by atoms with Gasteiger partial charge < -0.3 is 14.2 Å². The summed E-state index contributed by atoms with van der Waals surface area (Å²) in [6.07, 6.45) is 4.25. The van der Waals surface area contributed by atoms with Gasteiger partial charge in [-0.2, -0.15) is 0 Å². The van der Waals surface area contributed by atoms with E-state index in [1.54, 1.807) is 6.92 Å². The second-order valence-corrected chi connectivity index (χ2v) is 5.61. The molecule has 5 heteroatoms. The van der Waals surface area contributed by atoms with Gasteiger partial charge in [0.05, 0.1) is 6.61 Å². The predicted octanol–water partition coefficient (Wildman–Crippen LogP) is 4.34. The van der Waals surface area contributed by atoms with Gasteiger partial charge in [0.15, 0.2) is 0 Å². The van der Waals surface area contributed by atoms with E-state index in [1.165, 1.54) is 5.56 Å². The minimum Gasteiger partial charge on any atom is -0.435 e. The molecule has 0 bridgehead atoms. The van der Waals surface area contributed by atoms with Crippen molar-refractivity contribution in [3.05, 3.63) is 34.9 Å². The monoisotopic (exact) mass is 312 g/mol. The van der Waals surface area contributed by atoms with Crippen LogP contribution in [0.3, 0.4) is 0 Å². The first-order valence-electron chi connectivity index (χ1n) is 7.38. The lowest BCUT2D eigenvalue weighted by Gasteiger charge is -2.12. The molecule has 0 spiro atoms. The Hall–Kier alpha value is -1.26. The Morgan fingerprint density at radius 3 is 2.62 bits per heavy atom. The van der Waals surface area contributed by atoms with Crippen molar-refractivity contribution in [2.24, 2.45) is 0 Å². The third-order valence-electron chi connectivity index (χ3n) is 3.43. The third-order valence-corrected chi connectivity index (χ3v) is 3.69. The normalized spacial score (nSPS) is 20.1. The first-order valence-corrected chi connectivity index (χ1v) is 7.75. The summed E-state index contributed by atoms with van der Waals surface area (Å²) in [4.78, 5) is 11.3. The number of halogens is 1. The maximum Gasteiger partial charge on any atom is 0.510 e. The van der Waals surface area contributed by atoms with E-state index in [1.807, 2.05) is 12.1 Å². The van der Waals surface area contributed by atoms with Crippen LogP contribution in [0.25, 0.3) is 0 Å². The van der Waals surface area contributed by atoms with Gasteiger partial charge in [-0.25, -0.2) is 4.79 Å². The molecule has 1 aliphatic rings. The van der Waals surface area contributed by atoms with Gasteiger partial charge >= 0.3 is 6.16 Å². The summed E-state index contributed by atoms with van der Waals surface area (Å²) in [5.74, 6) is -0.716. The van der Waals surface area contributed by atoms with Gasteiger partial charge in [0.25, 0.3) is 0 Å². The maximum atomic E-state index is 11.3. The zero-order chi connectivity index (χ0) is 15.1. The van der Waals surface area contributed by atoms with E-state index in [4.69, 9.17) is 25.8 Å². The first-order chi connectivity index (χ1) is 10.1. The van der Waals surface area contributed by atoms with Crippen LogP contribution in [0.15, 0.2) is 24.3 Å². The molecule has 116 valence electrons. The molecule has 1 saturated heterocycles.